The van der Waals surface area contributed by atoms with Gasteiger partial charge in [-0.25, -0.2) is 4.79 Å². The quantitative estimate of drug-likeness (QED) is 0.647. The number of nitrogens with one attached hydrogen (secondary N) is 2. The van der Waals surface area contributed by atoms with Crippen LogP contribution in [0.15, 0.2) is 0 Å². The largest absolute Gasteiger partial charge is 0.481 e. The number of rotatable bonds is 7. The van der Waals surface area contributed by atoms with E-state index in [2.05, 4.69) is 10.6 Å². The molecular formula is C14H25N3O4. The molecule has 0 aromatic carbocycles. The molecule has 1 saturated heterocycles. The molecule has 0 aromatic heterocycles. The Balaban J connectivity index is 2.25. The van der Waals surface area contributed by atoms with Crippen LogP contribution in [0.4, 0.5) is 4.79 Å². The Bertz CT molecular complexity index is 373. The van der Waals surface area contributed by atoms with E-state index in [1.54, 1.807) is 4.90 Å². The summed E-state index contributed by atoms with van der Waals surface area (Å²) in [5.74, 6) is -0.488. The van der Waals surface area contributed by atoms with Crippen LogP contribution in [0.3, 0.4) is 0 Å². The number of carbonyl (C=O) groups is 3. The van der Waals surface area contributed by atoms with Crippen LogP contribution in [0.2, 0.25) is 0 Å². The van der Waals surface area contributed by atoms with Gasteiger partial charge in [0.25, 0.3) is 0 Å². The smallest absolute Gasteiger partial charge is 0.317 e. The van der Waals surface area contributed by atoms with Crippen molar-refractivity contribution in [3.8, 4) is 0 Å². The van der Waals surface area contributed by atoms with Crippen LogP contribution >= 0.6 is 0 Å². The Kier molecular flexibility index (Phi) is 7.56. The average Bonchev–Trinajstić information content (AvgIpc) is 2.67. The molecule has 1 heterocycles. The number of hydrogen-bond acceptors (Lipinski definition) is 3. The van der Waals surface area contributed by atoms with E-state index in [4.69, 9.17) is 5.11 Å². The molecule has 1 aliphatic rings. The van der Waals surface area contributed by atoms with Gasteiger partial charge in [-0.1, -0.05) is 13.3 Å². The Morgan fingerprint density at radius 1 is 1.38 bits per heavy atom. The molecule has 3 amide bonds. The summed E-state index contributed by atoms with van der Waals surface area (Å²) in [7, 11) is 0. The minimum Gasteiger partial charge on any atom is -0.481 e. The molecule has 1 atom stereocenters. The highest BCUT2D eigenvalue weighted by Crippen LogP contribution is 2.14. The van der Waals surface area contributed by atoms with E-state index in [9.17, 15) is 14.4 Å². The fourth-order valence-electron chi connectivity index (χ4n) is 2.35. The van der Waals surface area contributed by atoms with Gasteiger partial charge in [0.15, 0.2) is 0 Å². The number of carboxylic acids is 1. The molecule has 120 valence electrons. The summed E-state index contributed by atoms with van der Waals surface area (Å²) >= 11 is 0. The van der Waals surface area contributed by atoms with E-state index in [0.717, 1.165) is 12.8 Å². The predicted molar refractivity (Wildman–Crippen MR) is 77.9 cm³/mol. The van der Waals surface area contributed by atoms with Gasteiger partial charge in [0.05, 0.1) is 0 Å². The normalized spacial score (nSPS) is 16.8. The van der Waals surface area contributed by atoms with Gasteiger partial charge in [-0.3, -0.25) is 9.59 Å². The molecule has 1 rings (SSSR count). The topological polar surface area (TPSA) is 98.7 Å². The van der Waals surface area contributed by atoms with Gasteiger partial charge < -0.3 is 20.6 Å². The van der Waals surface area contributed by atoms with Crippen LogP contribution in [0.5, 0.6) is 0 Å². The molecule has 1 aliphatic heterocycles. The number of amides is 3. The van der Waals surface area contributed by atoms with Gasteiger partial charge in [-0.05, 0) is 18.8 Å². The van der Waals surface area contributed by atoms with E-state index in [1.807, 2.05) is 6.92 Å². The lowest BCUT2D eigenvalue weighted by atomic mass is 9.97. The first-order valence-corrected chi connectivity index (χ1v) is 7.54. The molecule has 21 heavy (non-hydrogen) atoms. The summed E-state index contributed by atoms with van der Waals surface area (Å²) in [5, 5.41) is 14.3. The number of hydrogen-bond donors (Lipinski definition) is 3. The number of carboxylic acid groups (broad SMARTS) is 1. The summed E-state index contributed by atoms with van der Waals surface area (Å²) in [5.41, 5.74) is 0. The van der Waals surface area contributed by atoms with Crippen LogP contribution in [0, 0.1) is 5.92 Å². The Morgan fingerprint density at radius 3 is 2.81 bits per heavy atom. The van der Waals surface area contributed by atoms with Gasteiger partial charge in [0.1, 0.15) is 0 Å². The van der Waals surface area contributed by atoms with Crippen molar-refractivity contribution in [3.63, 3.8) is 0 Å². The molecule has 0 aromatic rings. The van der Waals surface area contributed by atoms with Crippen LogP contribution < -0.4 is 10.6 Å². The highest BCUT2D eigenvalue weighted by atomic mass is 16.4. The van der Waals surface area contributed by atoms with Crippen molar-refractivity contribution in [2.75, 3.05) is 26.2 Å². The van der Waals surface area contributed by atoms with E-state index in [1.165, 1.54) is 0 Å². The van der Waals surface area contributed by atoms with Crippen molar-refractivity contribution in [2.45, 2.75) is 39.0 Å². The highest BCUT2D eigenvalue weighted by Gasteiger charge is 2.18. The first-order chi connectivity index (χ1) is 10.0. The second-order valence-electron chi connectivity index (χ2n) is 5.31. The second-order valence-corrected chi connectivity index (χ2v) is 5.31. The summed E-state index contributed by atoms with van der Waals surface area (Å²) in [4.78, 5) is 35.4. The molecule has 0 spiro atoms. The van der Waals surface area contributed by atoms with Gasteiger partial charge >= 0.3 is 12.0 Å². The number of urea groups is 1. The summed E-state index contributed by atoms with van der Waals surface area (Å²) < 4.78 is 0. The van der Waals surface area contributed by atoms with E-state index in [-0.39, 0.29) is 18.4 Å². The first kappa shape index (κ1) is 17.3. The second kappa shape index (κ2) is 9.20. The third-order valence-electron chi connectivity index (χ3n) is 3.77. The molecule has 7 heteroatoms. The fraction of sp³-hybridized carbons (Fsp3) is 0.786. The number of aliphatic carboxylic acids is 1. The van der Waals surface area contributed by atoms with Crippen molar-refractivity contribution >= 4 is 17.9 Å². The molecule has 7 nitrogen and oxygen atoms in total. The summed E-state index contributed by atoms with van der Waals surface area (Å²) in [6.07, 6.45) is 2.84. The zero-order chi connectivity index (χ0) is 15.7. The number of nitrogens with zero attached hydrogens (tertiary/aromatic N) is 1. The van der Waals surface area contributed by atoms with Gasteiger partial charge in [-0.15, -0.1) is 0 Å². The van der Waals surface area contributed by atoms with Crippen molar-refractivity contribution in [1.29, 1.82) is 0 Å². The Labute approximate surface area is 125 Å². The maximum Gasteiger partial charge on any atom is 0.317 e. The molecular weight excluding hydrogens is 274 g/mol. The lowest BCUT2D eigenvalue weighted by Crippen LogP contribution is -2.42. The molecule has 1 fully saturated rings. The minimum atomic E-state index is -0.779. The van der Waals surface area contributed by atoms with E-state index >= 15 is 0 Å². The summed E-state index contributed by atoms with van der Waals surface area (Å²) in [6, 6.07) is -0.153. The molecule has 0 bridgehead atoms. The van der Waals surface area contributed by atoms with Crippen molar-refractivity contribution in [1.82, 2.24) is 15.5 Å². The van der Waals surface area contributed by atoms with Crippen molar-refractivity contribution in [3.05, 3.63) is 0 Å². The predicted octanol–water partition coefficient (Wildman–Crippen LogP) is 0.799. The zero-order valence-corrected chi connectivity index (χ0v) is 12.6. The minimum absolute atomic E-state index is 0.0231. The standard InChI is InChI=1S/C14H25N3O4/c1-2-11(3-4-13(19)20)5-7-16-14(21)17-9-6-12(18)15-8-10-17/h11H,2-10H2,1H3,(H,15,18)(H,16,21)(H,19,20). The number of carbonyl (C=O) groups excluding carboxylic acids is 2. The van der Waals surface area contributed by atoms with Gasteiger partial charge in [-0.2, -0.15) is 0 Å². The Morgan fingerprint density at radius 2 is 2.14 bits per heavy atom. The third-order valence-corrected chi connectivity index (χ3v) is 3.77. The van der Waals surface area contributed by atoms with Crippen LogP contribution in [0.25, 0.3) is 0 Å². The lowest BCUT2D eigenvalue weighted by molar-refractivity contribution is -0.137. The first-order valence-electron chi connectivity index (χ1n) is 7.54. The third kappa shape index (κ3) is 6.97. The van der Waals surface area contributed by atoms with Crippen molar-refractivity contribution < 1.29 is 19.5 Å². The molecule has 0 aliphatic carbocycles. The summed E-state index contributed by atoms with van der Waals surface area (Å²) in [6.45, 7) is 4.01. The highest BCUT2D eigenvalue weighted by molar-refractivity contribution is 5.79. The molecule has 1 unspecified atom stereocenters. The van der Waals surface area contributed by atoms with E-state index < -0.39 is 5.97 Å². The average molecular weight is 299 g/mol. The van der Waals surface area contributed by atoms with Crippen LogP contribution in [-0.4, -0.2) is 54.1 Å². The maximum atomic E-state index is 12.0. The van der Waals surface area contributed by atoms with Crippen LogP contribution in [0.1, 0.15) is 39.0 Å². The molecule has 3 N–H and O–H groups in total. The van der Waals surface area contributed by atoms with Crippen LogP contribution in [-0.2, 0) is 9.59 Å². The van der Waals surface area contributed by atoms with Crippen molar-refractivity contribution in [2.24, 2.45) is 5.92 Å². The van der Waals surface area contributed by atoms with Gasteiger partial charge in [0, 0.05) is 39.0 Å². The zero-order valence-electron chi connectivity index (χ0n) is 12.6. The molecule has 0 radical (unpaired) electrons. The SMILES string of the molecule is CCC(CCNC(=O)N1CCNC(=O)CC1)CCC(=O)O. The lowest BCUT2D eigenvalue weighted by Gasteiger charge is -2.21. The Hall–Kier alpha value is -1.79. The monoisotopic (exact) mass is 299 g/mol. The fourth-order valence-corrected chi connectivity index (χ4v) is 2.35. The molecule has 0 saturated carbocycles. The van der Waals surface area contributed by atoms with E-state index in [0.29, 0.717) is 44.9 Å². The maximum absolute atomic E-state index is 12.0. The van der Waals surface area contributed by atoms with Gasteiger partial charge in [0.2, 0.25) is 5.91 Å².